The van der Waals surface area contributed by atoms with Crippen LogP contribution in [0.2, 0.25) is 0 Å². The van der Waals surface area contributed by atoms with Gasteiger partial charge in [-0.25, -0.2) is 0 Å². The molecule has 0 aromatic heterocycles. The van der Waals surface area contributed by atoms with Gasteiger partial charge in [0, 0.05) is 31.2 Å². The standard InChI is InChI=1S/C15H28N2O/c1-16-14(13-7-9-18-11-13)10-17-8-6-12-4-2-3-5-15(12)17/h12-16H,2-11H2,1H3. The second-order valence-electron chi connectivity index (χ2n) is 6.41. The van der Waals surface area contributed by atoms with Crippen molar-refractivity contribution in [3.8, 4) is 0 Å². The molecule has 0 aromatic carbocycles. The summed E-state index contributed by atoms with van der Waals surface area (Å²) in [7, 11) is 2.12. The minimum Gasteiger partial charge on any atom is -0.381 e. The predicted octanol–water partition coefficient (Wildman–Crippen LogP) is 1.88. The number of hydrogen-bond donors (Lipinski definition) is 1. The van der Waals surface area contributed by atoms with E-state index in [9.17, 15) is 0 Å². The summed E-state index contributed by atoms with van der Waals surface area (Å²) in [6.07, 6.45) is 8.55. The van der Waals surface area contributed by atoms with Crippen LogP contribution in [0, 0.1) is 11.8 Å². The number of nitrogens with zero attached hydrogens (tertiary/aromatic N) is 1. The fourth-order valence-corrected chi connectivity index (χ4v) is 4.33. The Kier molecular flexibility index (Phi) is 4.22. The van der Waals surface area contributed by atoms with Gasteiger partial charge in [0.25, 0.3) is 0 Å². The van der Waals surface area contributed by atoms with Crippen LogP contribution in [0.5, 0.6) is 0 Å². The molecule has 104 valence electrons. The van der Waals surface area contributed by atoms with Crippen LogP contribution in [-0.2, 0) is 4.74 Å². The van der Waals surface area contributed by atoms with E-state index in [1.54, 1.807) is 0 Å². The molecule has 4 atom stereocenters. The molecule has 3 aliphatic rings. The van der Waals surface area contributed by atoms with Crippen molar-refractivity contribution < 1.29 is 4.74 Å². The maximum absolute atomic E-state index is 5.55. The van der Waals surface area contributed by atoms with E-state index in [4.69, 9.17) is 4.74 Å². The molecule has 2 aliphatic heterocycles. The van der Waals surface area contributed by atoms with Gasteiger partial charge in [0.05, 0.1) is 6.61 Å². The van der Waals surface area contributed by atoms with Crippen LogP contribution in [0.4, 0.5) is 0 Å². The fraction of sp³-hybridized carbons (Fsp3) is 1.00. The normalized spacial score (nSPS) is 38.8. The maximum Gasteiger partial charge on any atom is 0.0510 e. The highest BCUT2D eigenvalue weighted by molar-refractivity contribution is 4.92. The van der Waals surface area contributed by atoms with Gasteiger partial charge >= 0.3 is 0 Å². The van der Waals surface area contributed by atoms with Crippen LogP contribution in [0.15, 0.2) is 0 Å². The van der Waals surface area contributed by atoms with Crippen molar-refractivity contribution in [2.75, 3.05) is 33.4 Å². The van der Waals surface area contributed by atoms with Crippen LogP contribution in [-0.4, -0.2) is 50.3 Å². The number of hydrogen-bond acceptors (Lipinski definition) is 3. The highest BCUT2D eigenvalue weighted by Crippen LogP contribution is 2.36. The van der Waals surface area contributed by atoms with Gasteiger partial charge in [-0.3, -0.25) is 4.90 Å². The number of likely N-dealkylation sites (N-methyl/N-ethyl adjacent to an activating group) is 1. The van der Waals surface area contributed by atoms with E-state index >= 15 is 0 Å². The van der Waals surface area contributed by atoms with Gasteiger partial charge in [-0.1, -0.05) is 12.8 Å². The Morgan fingerprint density at radius 2 is 2.11 bits per heavy atom. The summed E-state index contributed by atoms with van der Waals surface area (Å²) in [4.78, 5) is 2.78. The first-order valence-electron chi connectivity index (χ1n) is 7.87. The highest BCUT2D eigenvalue weighted by atomic mass is 16.5. The Balaban J connectivity index is 1.57. The van der Waals surface area contributed by atoms with Crippen molar-refractivity contribution in [1.82, 2.24) is 10.2 Å². The molecule has 0 amide bonds. The van der Waals surface area contributed by atoms with Crippen molar-refractivity contribution in [1.29, 1.82) is 0 Å². The van der Waals surface area contributed by atoms with Crippen molar-refractivity contribution in [2.45, 2.75) is 50.6 Å². The minimum absolute atomic E-state index is 0.633. The molecule has 3 nitrogen and oxygen atoms in total. The van der Waals surface area contributed by atoms with Crippen molar-refractivity contribution in [3.63, 3.8) is 0 Å². The molecule has 3 heteroatoms. The molecule has 1 saturated carbocycles. The van der Waals surface area contributed by atoms with Gasteiger partial charge in [0.15, 0.2) is 0 Å². The molecule has 1 N–H and O–H groups in total. The van der Waals surface area contributed by atoms with E-state index in [0.717, 1.165) is 31.1 Å². The second kappa shape index (κ2) is 5.89. The molecule has 2 heterocycles. The van der Waals surface area contributed by atoms with Gasteiger partial charge < -0.3 is 10.1 Å². The lowest BCUT2D eigenvalue weighted by molar-refractivity contribution is 0.139. The van der Waals surface area contributed by atoms with Crippen molar-refractivity contribution in [2.24, 2.45) is 11.8 Å². The molecule has 0 bridgehead atoms. The van der Waals surface area contributed by atoms with Crippen molar-refractivity contribution in [3.05, 3.63) is 0 Å². The number of fused-ring (bicyclic) bond motifs is 1. The van der Waals surface area contributed by atoms with Crippen LogP contribution in [0.3, 0.4) is 0 Å². The monoisotopic (exact) mass is 252 g/mol. The molecule has 4 unspecified atom stereocenters. The highest BCUT2D eigenvalue weighted by Gasteiger charge is 2.37. The second-order valence-corrected chi connectivity index (χ2v) is 6.41. The van der Waals surface area contributed by atoms with Crippen LogP contribution >= 0.6 is 0 Å². The third kappa shape index (κ3) is 2.59. The molecule has 2 saturated heterocycles. The van der Waals surface area contributed by atoms with Gasteiger partial charge in [0.1, 0.15) is 0 Å². The molecule has 0 spiro atoms. The largest absolute Gasteiger partial charge is 0.381 e. The summed E-state index contributed by atoms with van der Waals surface area (Å²) in [6.45, 7) is 4.51. The summed E-state index contributed by atoms with van der Waals surface area (Å²) >= 11 is 0. The zero-order chi connectivity index (χ0) is 12.4. The van der Waals surface area contributed by atoms with E-state index in [1.807, 2.05) is 0 Å². The number of rotatable bonds is 4. The van der Waals surface area contributed by atoms with Gasteiger partial charge in [-0.2, -0.15) is 0 Å². The fourth-order valence-electron chi connectivity index (χ4n) is 4.33. The quantitative estimate of drug-likeness (QED) is 0.827. The third-order valence-electron chi connectivity index (χ3n) is 5.46. The lowest BCUT2D eigenvalue weighted by atomic mass is 9.85. The van der Waals surface area contributed by atoms with E-state index in [2.05, 4.69) is 17.3 Å². The predicted molar refractivity (Wildman–Crippen MR) is 73.7 cm³/mol. The van der Waals surface area contributed by atoms with Crippen LogP contribution in [0.25, 0.3) is 0 Å². The molecule has 18 heavy (non-hydrogen) atoms. The van der Waals surface area contributed by atoms with E-state index in [1.165, 1.54) is 51.6 Å². The molecule has 1 aliphatic carbocycles. The zero-order valence-electron chi connectivity index (χ0n) is 11.7. The Morgan fingerprint density at radius 3 is 2.89 bits per heavy atom. The zero-order valence-corrected chi connectivity index (χ0v) is 11.7. The molecule has 3 fully saturated rings. The average Bonchev–Trinajstić information content (AvgIpc) is 3.06. The maximum atomic E-state index is 5.55. The first kappa shape index (κ1) is 12.9. The van der Waals surface area contributed by atoms with Crippen LogP contribution in [0.1, 0.15) is 38.5 Å². The molecular weight excluding hydrogens is 224 g/mol. The lowest BCUT2D eigenvalue weighted by Crippen LogP contribution is -2.47. The van der Waals surface area contributed by atoms with Gasteiger partial charge in [-0.05, 0) is 45.2 Å². The smallest absolute Gasteiger partial charge is 0.0510 e. The summed E-state index contributed by atoms with van der Waals surface area (Å²) in [5.74, 6) is 1.74. The van der Waals surface area contributed by atoms with Crippen molar-refractivity contribution >= 4 is 0 Å². The Hall–Kier alpha value is -0.120. The summed E-state index contributed by atoms with van der Waals surface area (Å²) in [5, 5.41) is 3.54. The summed E-state index contributed by atoms with van der Waals surface area (Å²) in [5.41, 5.74) is 0. The third-order valence-corrected chi connectivity index (χ3v) is 5.46. The van der Waals surface area contributed by atoms with Gasteiger partial charge in [-0.15, -0.1) is 0 Å². The first-order valence-corrected chi connectivity index (χ1v) is 7.87. The molecular formula is C15H28N2O. The summed E-state index contributed by atoms with van der Waals surface area (Å²) < 4.78 is 5.55. The molecule has 0 radical (unpaired) electrons. The van der Waals surface area contributed by atoms with Crippen LogP contribution < -0.4 is 5.32 Å². The van der Waals surface area contributed by atoms with Gasteiger partial charge in [0.2, 0.25) is 0 Å². The van der Waals surface area contributed by atoms with E-state index < -0.39 is 0 Å². The Morgan fingerprint density at radius 1 is 1.22 bits per heavy atom. The topological polar surface area (TPSA) is 24.5 Å². The first-order chi connectivity index (χ1) is 8.88. The average molecular weight is 252 g/mol. The Labute approximate surface area is 111 Å². The number of ether oxygens (including phenoxy) is 1. The molecule has 0 aromatic rings. The Bertz CT molecular complexity index is 265. The summed E-state index contributed by atoms with van der Waals surface area (Å²) in [6, 6.07) is 1.53. The molecule has 3 rings (SSSR count). The van der Waals surface area contributed by atoms with E-state index in [0.29, 0.717) is 6.04 Å². The number of nitrogens with one attached hydrogen (secondary N) is 1. The minimum atomic E-state index is 0.633. The lowest BCUT2D eigenvalue weighted by Gasteiger charge is -2.35. The number of likely N-dealkylation sites (tertiary alicyclic amines) is 1. The van der Waals surface area contributed by atoms with E-state index in [-0.39, 0.29) is 0 Å². The SMILES string of the molecule is CNC(CN1CCC2CCCCC21)C1CCOC1.